The summed E-state index contributed by atoms with van der Waals surface area (Å²) < 4.78 is 0. The highest BCUT2D eigenvalue weighted by Gasteiger charge is 1.89. The second-order valence-corrected chi connectivity index (χ2v) is 5.41. The standard InChI is InChI=1S/C13H14N2.2C4H5NO3/c1-3-7-12(8-4-1)14-11-15-13-9-5-2-6-10-13;2*5-3(6)1-2-4(7)8/h1-10,14-15H,11H2;2*1-2H,(H2,5,6)(H,7,8)/b;2*2-1-. The van der Waals surface area contributed by atoms with Crippen LogP contribution in [0.15, 0.2) is 85.0 Å². The molecule has 0 atom stereocenters. The number of carbonyl (C=O) groups excluding carboxylic acids is 2. The molecule has 31 heavy (non-hydrogen) atoms. The molecule has 2 amide bonds. The number of nitrogens with one attached hydrogen (secondary N) is 2. The molecule has 0 aromatic heterocycles. The number of anilines is 2. The van der Waals surface area contributed by atoms with Crippen molar-refractivity contribution >= 4 is 35.1 Å². The second kappa shape index (κ2) is 16.4. The van der Waals surface area contributed by atoms with Crippen molar-refractivity contribution < 1.29 is 29.4 Å². The Hall–Kier alpha value is -4.60. The number of rotatable bonds is 8. The minimum atomic E-state index is -1.18. The first-order valence-corrected chi connectivity index (χ1v) is 8.69. The molecule has 10 heteroatoms. The number of aliphatic carboxylic acids is 2. The second-order valence-electron chi connectivity index (χ2n) is 5.41. The van der Waals surface area contributed by atoms with Crippen molar-refractivity contribution in [2.75, 3.05) is 17.3 Å². The lowest BCUT2D eigenvalue weighted by Crippen LogP contribution is -2.11. The van der Waals surface area contributed by atoms with Gasteiger partial charge in [-0.2, -0.15) is 0 Å². The molecule has 0 aliphatic rings. The topological polar surface area (TPSA) is 185 Å². The van der Waals surface area contributed by atoms with Gasteiger partial charge in [-0.3, -0.25) is 9.59 Å². The van der Waals surface area contributed by atoms with Gasteiger partial charge < -0.3 is 32.3 Å². The van der Waals surface area contributed by atoms with Crippen LogP contribution in [0.4, 0.5) is 11.4 Å². The van der Waals surface area contributed by atoms with Crippen molar-refractivity contribution in [1.82, 2.24) is 0 Å². The third kappa shape index (κ3) is 18.5. The van der Waals surface area contributed by atoms with E-state index in [1.54, 1.807) is 0 Å². The Morgan fingerprint density at radius 3 is 1.19 bits per heavy atom. The van der Waals surface area contributed by atoms with E-state index in [4.69, 9.17) is 10.2 Å². The summed E-state index contributed by atoms with van der Waals surface area (Å²) in [5.74, 6) is -3.87. The molecule has 0 spiro atoms. The highest BCUT2D eigenvalue weighted by Crippen LogP contribution is 2.06. The predicted octanol–water partition coefficient (Wildman–Crippen LogP) is 1.39. The van der Waals surface area contributed by atoms with Crippen molar-refractivity contribution in [1.29, 1.82) is 0 Å². The third-order valence-electron chi connectivity index (χ3n) is 2.91. The van der Waals surface area contributed by atoms with E-state index >= 15 is 0 Å². The first-order chi connectivity index (χ1) is 14.7. The van der Waals surface area contributed by atoms with E-state index in [-0.39, 0.29) is 0 Å². The summed E-state index contributed by atoms with van der Waals surface area (Å²) in [5, 5.41) is 22.3. The Morgan fingerprint density at radius 2 is 0.968 bits per heavy atom. The quantitative estimate of drug-likeness (QED) is 0.269. The zero-order valence-corrected chi connectivity index (χ0v) is 16.5. The third-order valence-corrected chi connectivity index (χ3v) is 2.91. The molecule has 0 bridgehead atoms. The molecule has 164 valence electrons. The number of carboxylic acid groups (broad SMARTS) is 2. The summed E-state index contributed by atoms with van der Waals surface area (Å²) >= 11 is 0. The van der Waals surface area contributed by atoms with Crippen LogP contribution in [0.3, 0.4) is 0 Å². The molecule has 0 radical (unpaired) electrons. The largest absolute Gasteiger partial charge is 0.478 e. The van der Waals surface area contributed by atoms with Crippen molar-refractivity contribution in [3.63, 3.8) is 0 Å². The number of benzene rings is 2. The lowest BCUT2D eigenvalue weighted by molar-refractivity contribution is -0.132. The van der Waals surface area contributed by atoms with Crippen molar-refractivity contribution in [2.24, 2.45) is 11.5 Å². The lowest BCUT2D eigenvalue weighted by Gasteiger charge is -2.08. The highest BCUT2D eigenvalue weighted by molar-refractivity contribution is 5.93. The normalized spacial score (nSPS) is 9.55. The van der Waals surface area contributed by atoms with E-state index < -0.39 is 23.8 Å². The molecule has 0 heterocycles. The van der Waals surface area contributed by atoms with Gasteiger partial charge in [-0.1, -0.05) is 36.4 Å². The van der Waals surface area contributed by atoms with Gasteiger partial charge >= 0.3 is 11.9 Å². The molecule has 0 aliphatic heterocycles. The molecule has 8 N–H and O–H groups in total. The fraction of sp³-hybridized carbons (Fsp3) is 0.0476. The van der Waals surface area contributed by atoms with Gasteiger partial charge in [0.15, 0.2) is 0 Å². The molecule has 0 saturated carbocycles. The first kappa shape index (κ1) is 26.4. The smallest absolute Gasteiger partial charge is 0.328 e. The number of carboxylic acids is 2. The minimum absolute atomic E-state index is 0.683. The van der Waals surface area contributed by atoms with Gasteiger partial charge in [-0.15, -0.1) is 0 Å². The number of hydrogen-bond acceptors (Lipinski definition) is 6. The average molecular weight is 428 g/mol. The van der Waals surface area contributed by atoms with E-state index in [9.17, 15) is 19.2 Å². The number of hydrogen-bond donors (Lipinski definition) is 6. The minimum Gasteiger partial charge on any atom is -0.478 e. The van der Waals surface area contributed by atoms with Crippen LogP contribution in [-0.4, -0.2) is 40.6 Å². The molecule has 10 nitrogen and oxygen atoms in total. The highest BCUT2D eigenvalue weighted by atomic mass is 16.4. The number of amides is 2. The Morgan fingerprint density at radius 1 is 0.645 bits per heavy atom. The Bertz CT molecular complexity index is 778. The van der Waals surface area contributed by atoms with Gasteiger partial charge in [0.05, 0.1) is 6.67 Å². The summed E-state index contributed by atoms with van der Waals surface area (Å²) in [7, 11) is 0. The molecule has 2 aromatic carbocycles. The molecular weight excluding hydrogens is 404 g/mol. The van der Waals surface area contributed by atoms with Gasteiger partial charge in [-0.05, 0) is 24.3 Å². The van der Waals surface area contributed by atoms with Crippen LogP contribution in [0.1, 0.15) is 0 Å². The number of para-hydroxylation sites is 2. The van der Waals surface area contributed by atoms with Gasteiger partial charge in [0.2, 0.25) is 11.8 Å². The summed E-state index contributed by atoms with van der Waals surface area (Å²) in [5.41, 5.74) is 11.4. The Kier molecular flexibility index (Phi) is 13.9. The summed E-state index contributed by atoms with van der Waals surface area (Å²) in [6.45, 7) is 0.730. The molecule has 0 saturated heterocycles. The van der Waals surface area contributed by atoms with Gasteiger partial charge in [-0.25, -0.2) is 9.59 Å². The summed E-state index contributed by atoms with van der Waals surface area (Å²) in [6, 6.07) is 20.3. The molecule has 2 aromatic rings. The van der Waals surface area contributed by atoms with E-state index in [0.717, 1.165) is 30.2 Å². The maximum absolute atomic E-state index is 9.78. The predicted molar refractivity (Wildman–Crippen MR) is 117 cm³/mol. The maximum atomic E-state index is 9.78. The monoisotopic (exact) mass is 428 g/mol. The van der Waals surface area contributed by atoms with E-state index in [2.05, 4.69) is 22.1 Å². The van der Waals surface area contributed by atoms with Crippen molar-refractivity contribution in [3.05, 3.63) is 85.0 Å². The maximum Gasteiger partial charge on any atom is 0.328 e. The van der Waals surface area contributed by atoms with Gasteiger partial charge in [0.1, 0.15) is 0 Å². The van der Waals surface area contributed by atoms with Gasteiger partial charge in [0, 0.05) is 35.7 Å². The average Bonchev–Trinajstić information content (AvgIpc) is 2.73. The number of carbonyl (C=O) groups is 4. The van der Waals surface area contributed by atoms with Crippen LogP contribution in [-0.2, 0) is 19.2 Å². The Labute approximate surface area is 178 Å². The van der Waals surface area contributed by atoms with Crippen LogP contribution in [0.5, 0.6) is 0 Å². The van der Waals surface area contributed by atoms with Crippen LogP contribution < -0.4 is 22.1 Å². The number of nitrogens with two attached hydrogens (primary N) is 2. The fourth-order valence-corrected chi connectivity index (χ4v) is 1.67. The summed E-state index contributed by atoms with van der Waals surface area (Å²) in [6.07, 6.45) is 2.93. The Balaban J connectivity index is 0.000000483. The van der Waals surface area contributed by atoms with Crippen molar-refractivity contribution in [2.45, 2.75) is 0 Å². The van der Waals surface area contributed by atoms with E-state index in [1.165, 1.54) is 0 Å². The van der Waals surface area contributed by atoms with Gasteiger partial charge in [0.25, 0.3) is 0 Å². The molecule has 0 aliphatic carbocycles. The van der Waals surface area contributed by atoms with Crippen LogP contribution >= 0.6 is 0 Å². The van der Waals surface area contributed by atoms with Crippen molar-refractivity contribution in [3.8, 4) is 0 Å². The van der Waals surface area contributed by atoms with Crippen LogP contribution in [0.2, 0.25) is 0 Å². The first-order valence-electron chi connectivity index (χ1n) is 8.69. The van der Waals surface area contributed by atoms with E-state index in [1.807, 2.05) is 60.7 Å². The SMILES string of the molecule is NC(=O)/C=C\C(=O)O.NC(=O)/C=C\C(=O)O.c1ccc(NCNc2ccccc2)cc1. The zero-order chi connectivity index (χ0) is 23.5. The molecule has 0 unspecified atom stereocenters. The molecule has 0 fully saturated rings. The fourth-order valence-electron chi connectivity index (χ4n) is 1.67. The van der Waals surface area contributed by atoms with Crippen LogP contribution in [0, 0.1) is 0 Å². The molecule has 2 rings (SSSR count). The summed E-state index contributed by atoms with van der Waals surface area (Å²) in [4.78, 5) is 38.8. The lowest BCUT2D eigenvalue weighted by atomic mass is 10.3. The van der Waals surface area contributed by atoms with Crippen LogP contribution in [0.25, 0.3) is 0 Å². The van der Waals surface area contributed by atoms with E-state index in [0.29, 0.717) is 12.2 Å². The number of primary amides is 2. The zero-order valence-electron chi connectivity index (χ0n) is 16.5. The molecular formula is C21H24N4O6.